The third kappa shape index (κ3) is 5.14. The van der Waals surface area contributed by atoms with E-state index in [9.17, 15) is 25.0 Å². The van der Waals surface area contributed by atoms with Crippen LogP contribution in [0.25, 0.3) is 11.8 Å². The topological polar surface area (TPSA) is 139 Å². The number of methoxy groups -OCH3 is 1. The second-order valence-electron chi connectivity index (χ2n) is 10.7. The number of rotatable bonds is 7. The number of ether oxygens (including phenoxy) is 2. The van der Waals surface area contributed by atoms with Gasteiger partial charge in [-0.05, 0) is 71.5 Å². The second kappa shape index (κ2) is 11.6. The molecular weight excluding hydrogens is 608 g/mol. The van der Waals surface area contributed by atoms with E-state index >= 15 is 0 Å². The number of nitro benzene ring substituents is 2. The van der Waals surface area contributed by atoms with Gasteiger partial charge in [0, 0.05) is 11.6 Å². The Bertz CT molecular complexity index is 2250. The number of fused-ring (bicyclic) bond motifs is 3. The maximum atomic E-state index is 14.0. The maximum absolute atomic E-state index is 14.0. The summed E-state index contributed by atoms with van der Waals surface area (Å²) in [5.41, 5.74) is 4.94. The number of aromatic nitrogens is 1. The molecule has 0 saturated heterocycles. The van der Waals surface area contributed by atoms with Crippen molar-refractivity contribution in [1.29, 1.82) is 0 Å². The Kier molecular flexibility index (Phi) is 7.26. The minimum absolute atomic E-state index is 0.124. The highest BCUT2D eigenvalue weighted by Gasteiger charge is 2.32. The van der Waals surface area contributed by atoms with Crippen LogP contribution in [0.5, 0.6) is 17.2 Å². The standard InChI is InChI=1S/C34H24N4O7S/c1-44-24-14-8-22(9-15-24)32-27-16-10-21-4-2-3-5-26(21)31(27)35-34-36(32)33(39)30(46-34)18-20-6-12-25(13-7-20)45-29-17-11-23(37(40)41)19-28(29)38(42)43/h2-9,11-15,17-19,32H,10,16H2,1H3/b30-18+/t32-/m1/s1. The first-order valence-electron chi connectivity index (χ1n) is 14.3. The smallest absolute Gasteiger partial charge is 0.318 e. The lowest BCUT2D eigenvalue weighted by Crippen LogP contribution is -2.38. The molecule has 1 aliphatic heterocycles. The predicted octanol–water partition coefficient (Wildman–Crippen LogP) is 5.94. The zero-order chi connectivity index (χ0) is 31.9. The summed E-state index contributed by atoms with van der Waals surface area (Å²) in [5, 5.41) is 22.5. The summed E-state index contributed by atoms with van der Waals surface area (Å²) in [7, 11) is 1.62. The Balaban J connectivity index is 1.27. The van der Waals surface area contributed by atoms with Crippen molar-refractivity contribution in [2.75, 3.05) is 7.11 Å². The number of benzene rings is 4. The summed E-state index contributed by atoms with van der Waals surface area (Å²) in [6.45, 7) is 0. The number of hydrogen-bond acceptors (Lipinski definition) is 9. The normalized spacial score (nSPS) is 15.3. The Labute approximate surface area is 264 Å². The quantitative estimate of drug-likeness (QED) is 0.160. The van der Waals surface area contributed by atoms with Crippen LogP contribution in [0.4, 0.5) is 11.4 Å². The first kappa shape index (κ1) is 28.9. The van der Waals surface area contributed by atoms with E-state index in [1.54, 1.807) is 42.0 Å². The summed E-state index contributed by atoms with van der Waals surface area (Å²) >= 11 is 1.32. The van der Waals surface area contributed by atoms with Crippen molar-refractivity contribution in [2.24, 2.45) is 4.99 Å². The molecule has 1 atom stereocenters. The van der Waals surface area contributed by atoms with Crippen molar-refractivity contribution in [2.45, 2.75) is 18.9 Å². The maximum Gasteiger partial charge on any atom is 0.318 e. The molecule has 0 fully saturated rings. The van der Waals surface area contributed by atoms with Gasteiger partial charge in [-0.2, -0.15) is 0 Å². The van der Waals surface area contributed by atoms with Crippen LogP contribution in [0.2, 0.25) is 0 Å². The zero-order valence-corrected chi connectivity index (χ0v) is 25.1. The minimum Gasteiger partial charge on any atom is -0.497 e. The average molecular weight is 633 g/mol. The largest absolute Gasteiger partial charge is 0.497 e. The summed E-state index contributed by atoms with van der Waals surface area (Å²) in [4.78, 5) is 40.8. The highest BCUT2D eigenvalue weighted by molar-refractivity contribution is 7.07. The van der Waals surface area contributed by atoms with Crippen molar-refractivity contribution in [3.8, 4) is 17.2 Å². The molecule has 228 valence electrons. The zero-order valence-electron chi connectivity index (χ0n) is 24.3. The Morgan fingerprint density at radius 3 is 2.37 bits per heavy atom. The van der Waals surface area contributed by atoms with E-state index in [4.69, 9.17) is 14.5 Å². The van der Waals surface area contributed by atoms with Gasteiger partial charge in [-0.1, -0.05) is 59.9 Å². The van der Waals surface area contributed by atoms with Gasteiger partial charge in [0.1, 0.15) is 11.5 Å². The monoisotopic (exact) mass is 632 g/mol. The molecule has 1 aliphatic carbocycles. The van der Waals surface area contributed by atoms with Gasteiger partial charge in [0.15, 0.2) is 4.80 Å². The molecule has 0 amide bonds. The number of non-ortho nitro benzene ring substituents is 1. The number of nitro groups is 2. The fourth-order valence-corrected chi connectivity index (χ4v) is 6.87. The Morgan fingerprint density at radius 1 is 0.913 bits per heavy atom. The summed E-state index contributed by atoms with van der Waals surface area (Å²) in [6, 6.07) is 25.6. The molecule has 2 heterocycles. The highest BCUT2D eigenvalue weighted by Crippen LogP contribution is 2.41. The number of hydrogen-bond donors (Lipinski definition) is 0. The van der Waals surface area contributed by atoms with Crippen LogP contribution in [0.3, 0.4) is 0 Å². The van der Waals surface area contributed by atoms with E-state index in [1.807, 2.05) is 36.4 Å². The van der Waals surface area contributed by atoms with Gasteiger partial charge in [0.05, 0.1) is 39.3 Å². The summed E-state index contributed by atoms with van der Waals surface area (Å²) in [5.74, 6) is 0.900. The lowest BCUT2D eigenvalue weighted by atomic mass is 9.83. The van der Waals surface area contributed by atoms with Crippen molar-refractivity contribution >= 4 is 34.5 Å². The summed E-state index contributed by atoms with van der Waals surface area (Å²) < 4.78 is 13.4. The SMILES string of the molecule is COc1ccc([C@@H]2C3=C(N=c4s/c(=C/c5ccc(Oc6ccc([N+](=O)[O-])cc6[N+](=O)[O-])cc5)c(=O)n42)c2ccccc2CC3)cc1. The van der Waals surface area contributed by atoms with Gasteiger partial charge in [0.2, 0.25) is 5.75 Å². The number of nitrogens with zero attached hydrogens (tertiary/aromatic N) is 4. The van der Waals surface area contributed by atoms with Crippen molar-refractivity contribution in [1.82, 2.24) is 4.57 Å². The molecule has 5 aromatic rings. The molecular formula is C34H24N4O7S. The van der Waals surface area contributed by atoms with Crippen LogP contribution < -0.4 is 24.4 Å². The van der Waals surface area contributed by atoms with E-state index in [2.05, 4.69) is 12.1 Å². The van der Waals surface area contributed by atoms with Gasteiger partial charge in [-0.3, -0.25) is 29.6 Å². The predicted molar refractivity (Wildman–Crippen MR) is 172 cm³/mol. The molecule has 1 aromatic heterocycles. The van der Waals surface area contributed by atoms with E-state index in [1.165, 1.54) is 23.0 Å². The first-order chi connectivity index (χ1) is 22.3. The molecule has 2 aliphatic rings. The number of thiazole rings is 1. The van der Waals surface area contributed by atoms with E-state index in [-0.39, 0.29) is 17.4 Å². The van der Waals surface area contributed by atoms with E-state index in [0.717, 1.165) is 53.1 Å². The van der Waals surface area contributed by atoms with Gasteiger partial charge < -0.3 is 9.47 Å². The van der Waals surface area contributed by atoms with Crippen molar-refractivity contribution in [3.05, 3.63) is 159 Å². The molecule has 0 radical (unpaired) electrons. The molecule has 0 unspecified atom stereocenters. The summed E-state index contributed by atoms with van der Waals surface area (Å²) in [6.07, 6.45) is 3.42. The van der Waals surface area contributed by atoms with Crippen molar-refractivity contribution in [3.63, 3.8) is 0 Å². The van der Waals surface area contributed by atoms with Crippen molar-refractivity contribution < 1.29 is 19.3 Å². The van der Waals surface area contributed by atoms with E-state index < -0.39 is 21.2 Å². The fraction of sp³-hybridized carbons (Fsp3) is 0.118. The van der Waals surface area contributed by atoms with Gasteiger partial charge >= 0.3 is 5.69 Å². The molecule has 0 spiro atoms. The van der Waals surface area contributed by atoms with Gasteiger partial charge in [0.25, 0.3) is 11.2 Å². The average Bonchev–Trinajstić information content (AvgIpc) is 3.38. The number of allylic oxidation sites excluding steroid dienone is 1. The fourth-order valence-electron chi connectivity index (χ4n) is 5.87. The Hall–Kier alpha value is -5.88. The molecule has 7 rings (SSSR count). The minimum atomic E-state index is -0.730. The third-order valence-electron chi connectivity index (χ3n) is 8.06. The molecule has 0 bridgehead atoms. The second-order valence-corrected chi connectivity index (χ2v) is 11.7. The Morgan fingerprint density at radius 2 is 1.65 bits per heavy atom. The third-order valence-corrected chi connectivity index (χ3v) is 9.04. The van der Waals surface area contributed by atoms with E-state index in [0.29, 0.717) is 20.6 Å². The van der Waals surface area contributed by atoms with Crippen LogP contribution in [-0.4, -0.2) is 21.5 Å². The lowest BCUT2D eigenvalue weighted by Gasteiger charge is -2.30. The van der Waals surface area contributed by atoms with Crippen LogP contribution in [-0.2, 0) is 6.42 Å². The first-order valence-corrected chi connectivity index (χ1v) is 15.1. The van der Waals surface area contributed by atoms with Gasteiger partial charge in [-0.25, -0.2) is 4.99 Å². The molecule has 0 saturated carbocycles. The molecule has 46 heavy (non-hydrogen) atoms. The van der Waals surface area contributed by atoms with Crippen LogP contribution >= 0.6 is 11.3 Å². The lowest BCUT2D eigenvalue weighted by molar-refractivity contribution is -0.394. The van der Waals surface area contributed by atoms with Crippen LogP contribution in [0, 0.1) is 20.2 Å². The molecule has 0 N–H and O–H groups in total. The molecule has 4 aromatic carbocycles. The van der Waals surface area contributed by atoms with Gasteiger partial charge in [-0.15, -0.1) is 0 Å². The van der Waals surface area contributed by atoms with Crippen LogP contribution in [0.1, 0.15) is 34.7 Å². The van der Waals surface area contributed by atoms with Crippen LogP contribution in [0.15, 0.2) is 106 Å². The molecule has 12 heteroatoms. The highest BCUT2D eigenvalue weighted by atomic mass is 32.1. The number of aryl methyl sites for hydroxylation is 1. The molecule has 11 nitrogen and oxygen atoms in total.